The lowest BCUT2D eigenvalue weighted by molar-refractivity contribution is -0.311. The van der Waals surface area contributed by atoms with Crippen LogP contribution in [0.4, 0.5) is 0 Å². The molecule has 2 atom stereocenters. The fraction of sp³-hybridized carbons (Fsp3) is 0.357. The second kappa shape index (κ2) is 6.72. The Morgan fingerprint density at radius 3 is 2.81 bits per heavy atom. The van der Waals surface area contributed by atoms with Crippen LogP contribution in [-0.4, -0.2) is 27.1 Å². The molecule has 1 aliphatic heterocycles. The Kier molecular flexibility index (Phi) is 5.18. The highest BCUT2D eigenvalue weighted by molar-refractivity contribution is 8.26. The van der Waals surface area contributed by atoms with Gasteiger partial charge in [-0.1, -0.05) is 50.3 Å². The number of carboxylic acid groups (broad SMARTS) is 1. The smallest absolute Gasteiger partial charge is 0.266 e. The fourth-order valence-corrected chi connectivity index (χ4v) is 4.09. The number of carboxylic acids is 1. The fourth-order valence-electron chi connectivity index (χ4n) is 2.04. The van der Waals surface area contributed by atoms with Crippen molar-refractivity contribution in [1.29, 1.82) is 0 Å². The molecule has 0 aliphatic carbocycles. The van der Waals surface area contributed by atoms with Crippen LogP contribution in [0.2, 0.25) is 0 Å². The molecule has 0 aromatic carbocycles. The highest BCUT2D eigenvalue weighted by Crippen LogP contribution is 2.36. The van der Waals surface area contributed by atoms with Gasteiger partial charge in [-0.05, 0) is 23.4 Å². The number of thiocarbonyl (C=S) groups is 1. The monoisotopic (exact) mass is 340 g/mol. The molecule has 2 heterocycles. The van der Waals surface area contributed by atoms with Gasteiger partial charge in [0.2, 0.25) is 0 Å². The van der Waals surface area contributed by atoms with Gasteiger partial charge < -0.3 is 9.90 Å². The van der Waals surface area contributed by atoms with Crippen molar-refractivity contribution in [1.82, 2.24) is 4.90 Å². The number of nitrogens with zero attached hydrogens (tertiary/aromatic N) is 1. The van der Waals surface area contributed by atoms with Crippen molar-refractivity contribution in [3.05, 3.63) is 27.3 Å². The molecule has 1 aliphatic rings. The molecule has 0 N–H and O–H groups in total. The van der Waals surface area contributed by atoms with Crippen LogP contribution in [-0.2, 0) is 9.59 Å². The Morgan fingerprint density at radius 1 is 1.57 bits per heavy atom. The molecule has 112 valence electrons. The number of carbonyl (C=O) groups is 2. The van der Waals surface area contributed by atoms with E-state index in [1.54, 1.807) is 13.0 Å². The SMILES string of the molecule is CC[C@H](C)[C@@H](C(=O)[O-])N1C(=O)/C(=C\c2cccs2)SC1=S. The van der Waals surface area contributed by atoms with E-state index in [4.69, 9.17) is 12.2 Å². The van der Waals surface area contributed by atoms with Gasteiger partial charge in [0.1, 0.15) is 4.32 Å². The van der Waals surface area contributed by atoms with Gasteiger partial charge in [0.25, 0.3) is 5.91 Å². The minimum Gasteiger partial charge on any atom is -0.548 e. The van der Waals surface area contributed by atoms with Crippen LogP contribution in [0.1, 0.15) is 25.1 Å². The van der Waals surface area contributed by atoms with Gasteiger partial charge in [0.15, 0.2) is 0 Å². The summed E-state index contributed by atoms with van der Waals surface area (Å²) in [6.07, 6.45) is 2.37. The van der Waals surface area contributed by atoms with E-state index in [2.05, 4.69) is 0 Å². The van der Waals surface area contributed by atoms with E-state index in [0.29, 0.717) is 11.3 Å². The summed E-state index contributed by atoms with van der Waals surface area (Å²) in [6.45, 7) is 3.65. The minimum absolute atomic E-state index is 0.224. The summed E-state index contributed by atoms with van der Waals surface area (Å²) in [5, 5.41) is 13.3. The van der Waals surface area contributed by atoms with E-state index in [9.17, 15) is 14.7 Å². The van der Waals surface area contributed by atoms with Crippen LogP contribution in [0.15, 0.2) is 22.4 Å². The Hall–Kier alpha value is -1.18. The minimum atomic E-state index is -1.27. The average Bonchev–Trinajstić information content (AvgIpc) is 3.02. The maximum atomic E-state index is 12.5. The predicted molar refractivity (Wildman–Crippen MR) is 87.6 cm³/mol. The largest absolute Gasteiger partial charge is 0.548 e. The number of hydrogen-bond acceptors (Lipinski definition) is 6. The molecular formula is C14H14NO3S3-. The van der Waals surface area contributed by atoms with Gasteiger partial charge in [0, 0.05) is 4.88 Å². The summed E-state index contributed by atoms with van der Waals surface area (Å²) < 4.78 is 0.275. The third kappa shape index (κ3) is 3.36. The first-order valence-corrected chi connectivity index (χ1v) is 8.57. The summed E-state index contributed by atoms with van der Waals surface area (Å²) in [5.74, 6) is -1.84. The van der Waals surface area contributed by atoms with Crippen molar-refractivity contribution in [3.8, 4) is 0 Å². The molecule has 0 radical (unpaired) electrons. The normalized spacial score (nSPS) is 20.1. The maximum Gasteiger partial charge on any atom is 0.266 e. The van der Waals surface area contributed by atoms with Gasteiger partial charge >= 0.3 is 0 Å². The summed E-state index contributed by atoms with van der Waals surface area (Å²) in [4.78, 5) is 26.5. The summed E-state index contributed by atoms with van der Waals surface area (Å²) >= 11 is 7.84. The molecule has 0 spiro atoms. The second-order valence-electron chi connectivity index (χ2n) is 4.72. The number of aliphatic carboxylic acids is 1. The van der Waals surface area contributed by atoms with Crippen molar-refractivity contribution in [2.45, 2.75) is 26.3 Å². The third-order valence-corrected chi connectivity index (χ3v) is 5.49. The molecule has 1 aromatic heterocycles. The first-order valence-electron chi connectivity index (χ1n) is 6.47. The summed E-state index contributed by atoms with van der Waals surface area (Å²) in [6, 6.07) is 2.76. The number of thioether (sulfide) groups is 1. The van der Waals surface area contributed by atoms with Crippen LogP contribution < -0.4 is 5.11 Å². The first kappa shape index (κ1) is 16.2. The average molecular weight is 340 g/mol. The number of rotatable bonds is 5. The molecular weight excluding hydrogens is 326 g/mol. The molecule has 1 fully saturated rings. The van der Waals surface area contributed by atoms with Gasteiger partial charge in [-0.2, -0.15) is 0 Å². The Morgan fingerprint density at radius 2 is 2.29 bits per heavy atom. The molecule has 0 saturated carbocycles. The zero-order chi connectivity index (χ0) is 15.6. The zero-order valence-electron chi connectivity index (χ0n) is 11.6. The van der Waals surface area contributed by atoms with Crippen LogP contribution in [0.3, 0.4) is 0 Å². The lowest BCUT2D eigenvalue weighted by Crippen LogP contribution is -2.53. The molecule has 4 nitrogen and oxygen atoms in total. The van der Waals surface area contributed by atoms with Crippen molar-refractivity contribution >= 4 is 57.6 Å². The van der Waals surface area contributed by atoms with Crippen molar-refractivity contribution in [3.63, 3.8) is 0 Å². The Balaban J connectivity index is 2.31. The van der Waals surface area contributed by atoms with E-state index in [-0.39, 0.29) is 16.1 Å². The molecule has 1 saturated heterocycles. The number of carbonyl (C=O) groups excluding carboxylic acids is 2. The molecule has 0 bridgehead atoms. The van der Waals surface area contributed by atoms with E-state index >= 15 is 0 Å². The lowest BCUT2D eigenvalue weighted by atomic mass is 9.98. The third-order valence-electron chi connectivity index (χ3n) is 3.34. The van der Waals surface area contributed by atoms with E-state index in [0.717, 1.165) is 16.6 Å². The number of amides is 1. The molecule has 21 heavy (non-hydrogen) atoms. The van der Waals surface area contributed by atoms with Gasteiger partial charge in [0.05, 0.1) is 16.9 Å². The van der Waals surface area contributed by atoms with Crippen LogP contribution >= 0.6 is 35.3 Å². The quantitative estimate of drug-likeness (QED) is 0.607. The molecule has 2 rings (SSSR count). The standard InChI is InChI=1S/C14H15NO3S3/c1-3-8(2)11(13(17)18)15-12(16)10(21-14(15)19)7-9-5-4-6-20-9/h4-8,11H,3H2,1-2H3,(H,17,18)/p-1/b10-7+/t8-,11-/m0/s1. The van der Waals surface area contributed by atoms with Crippen molar-refractivity contribution < 1.29 is 14.7 Å². The summed E-state index contributed by atoms with van der Waals surface area (Å²) in [5.41, 5.74) is 0. The first-order chi connectivity index (χ1) is 9.95. The van der Waals surface area contributed by atoms with Crippen LogP contribution in [0.5, 0.6) is 0 Å². The molecule has 7 heteroatoms. The van der Waals surface area contributed by atoms with Crippen LogP contribution in [0, 0.1) is 5.92 Å². The Labute approximate surface area is 136 Å². The molecule has 1 aromatic rings. The second-order valence-corrected chi connectivity index (χ2v) is 7.37. The lowest BCUT2D eigenvalue weighted by Gasteiger charge is -2.32. The highest BCUT2D eigenvalue weighted by atomic mass is 32.2. The zero-order valence-corrected chi connectivity index (χ0v) is 14.0. The predicted octanol–water partition coefficient (Wildman–Crippen LogP) is 2.11. The van der Waals surface area contributed by atoms with Crippen LogP contribution in [0.25, 0.3) is 6.08 Å². The molecule has 0 unspecified atom stereocenters. The van der Waals surface area contributed by atoms with Gasteiger partial charge in [-0.25, -0.2) is 0 Å². The Bertz CT molecular complexity index is 595. The number of hydrogen-bond donors (Lipinski definition) is 0. The highest BCUT2D eigenvalue weighted by Gasteiger charge is 2.39. The maximum absolute atomic E-state index is 12.5. The van der Waals surface area contributed by atoms with Gasteiger partial charge in [-0.15, -0.1) is 11.3 Å². The van der Waals surface area contributed by atoms with Crippen molar-refractivity contribution in [2.75, 3.05) is 0 Å². The van der Waals surface area contributed by atoms with Crippen molar-refractivity contribution in [2.24, 2.45) is 5.92 Å². The van der Waals surface area contributed by atoms with E-state index < -0.39 is 12.0 Å². The van der Waals surface area contributed by atoms with E-state index in [1.165, 1.54) is 16.2 Å². The van der Waals surface area contributed by atoms with E-state index in [1.807, 2.05) is 24.4 Å². The number of thiophene rings is 1. The molecule has 1 amide bonds. The van der Waals surface area contributed by atoms with Gasteiger partial charge in [-0.3, -0.25) is 9.69 Å². The topological polar surface area (TPSA) is 60.4 Å². The summed E-state index contributed by atoms with van der Waals surface area (Å²) in [7, 11) is 0.